The first-order valence-corrected chi connectivity index (χ1v) is 8.33. The van der Waals surface area contributed by atoms with E-state index in [1.807, 2.05) is 55.5 Å². The van der Waals surface area contributed by atoms with Gasteiger partial charge >= 0.3 is 5.97 Å². The molecule has 2 nitrogen and oxygen atoms in total. The lowest BCUT2D eigenvalue weighted by atomic mass is 10.0. The molecule has 2 heteroatoms. The first-order valence-electron chi connectivity index (χ1n) is 8.33. The zero-order valence-corrected chi connectivity index (χ0v) is 14.2. The van der Waals surface area contributed by atoms with Gasteiger partial charge in [-0.25, -0.2) is 4.79 Å². The standard InChI is InChI=1S/C23H18O2/c1-15-10-11-20(16(2)12-15)22-14-19(23(24)25-22)13-18-8-5-7-17-6-3-4-9-21(17)18/h3-14H,1-2H3/b19-13+. The van der Waals surface area contributed by atoms with Crippen molar-refractivity contribution in [3.8, 4) is 0 Å². The van der Waals surface area contributed by atoms with Crippen LogP contribution in [0.1, 0.15) is 22.3 Å². The van der Waals surface area contributed by atoms with Crippen LogP contribution in [0, 0.1) is 13.8 Å². The second-order valence-corrected chi connectivity index (χ2v) is 6.38. The van der Waals surface area contributed by atoms with E-state index in [9.17, 15) is 4.79 Å². The van der Waals surface area contributed by atoms with Gasteiger partial charge in [-0.1, -0.05) is 66.2 Å². The fourth-order valence-corrected chi connectivity index (χ4v) is 3.26. The summed E-state index contributed by atoms with van der Waals surface area (Å²) >= 11 is 0. The van der Waals surface area contributed by atoms with Crippen molar-refractivity contribution in [3.63, 3.8) is 0 Å². The van der Waals surface area contributed by atoms with Crippen LogP contribution in [-0.4, -0.2) is 5.97 Å². The van der Waals surface area contributed by atoms with E-state index in [2.05, 4.69) is 31.2 Å². The lowest BCUT2D eigenvalue weighted by Gasteiger charge is -2.06. The Bertz CT molecular complexity index is 1050. The van der Waals surface area contributed by atoms with Gasteiger partial charge in [-0.2, -0.15) is 0 Å². The molecule has 1 aliphatic rings. The van der Waals surface area contributed by atoms with Gasteiger partial charge in [0.25, 0.3) is 0 Å². The third-order valence-electron chi connectivity index (χ3n) is 4.51. The SMILES string of the molecule is Cc1ccc(C2=C/C(=C\c3cccc4ccccc34)C(=O)O2)c(C)c1. The zero-order chi connectivity index (χ0) is 17.4. The molecule has 0 saturated carbocycles. The molecule has 4 rings (SSSR count). The van der Waals surface area contributed by atoms with Crippen molar-refractivity contribution in [2.24, 2.45) is 0 Å². The highest BCUT2D eigenvalue weighted by Crippen LogP contribution is 2.30. The molecule has 0 fully saturated rings. The molecule has 0 spiro atoms. The topological polar surface area (TPSA) is 26.3 Å². The van der Waals surface area contributed by atoms with Crippen molar-refractivity contribution in [1.29, 1.82) is 0 Å². The van der Waals surface area contributed by atoms with Gasteiger partial charge in [-0.15, -0.1) is 0 Å². The fraction of sp³-hybridized carbons (Fsp3) is 0.0870. The van der Waals surface area contributed by atoms with Crippen LogP contribution in [0.4, 0.5) is 0 Å². The fourth-order valence-electron chi connectivity index (χ4n) is 3.26. The molecule has 122 valence electrons. The Kier molecular flexibility index (Phi) is 3.73. The highest BCUT2D eigenvalue weighted by Gasteiger charge is 2.23. The number of carbonyl (C=O) groups is 1. The Labute approximate surface area is 147 Å². The molecule has 0 N–H and O–H groups in total. The smallest absolute Gasteiger partial charge is 0.343 e. The van der Waals surface area contributed by atoms with Gasteiger partial charge in [0, 0.05) is 5.56 Å². The largest absolute Gasteiger partial charge is 0.422 e. The Morgan fingerprint density at radius 1 is 0.920 bits per heavy atom. The lowest BCUT2D eigenvalue weighted by molar-refractivity contribution is -0.130. The Morgan fingerprint density at radius 3 is 2.56 bits per heavy atom. The van der Waals surface area contributed by atoms with Crippen molar-refractivity contribution in [3.05, 3.63) is 94.6 Å². The number of fused-ring (bicyclic) bond motifs is 1. The molecule has 0 bridgehead atoms. The molecule has 0 aromatic heterocycles. The van der Waals surface area contributed by atoms with Crippen LogP contribution in [-0.2, 0) is 9.53 Å². The van der Waals surface area contributed by atoms with Crippen LogP contribution in [0.3, 0.4) is 0 Å². The molecule has 1 heterocycles. The molecule has 1 aliphatic heterocycles. The van der Waals surface area contributed by atoms with Gasteiger partial charge in [-0.05, 0) is 47.9 Å². The van der Waals surface area contributed by atoms with Gasteiger partial charge in [0.2, 0.25) is 0 Å². The summed E-state index contributed by atoms with van der Waals surface area (Å²) in [5.41, 5.74) is 4.85. The van der Waals surface area contributed by atoms with Gasteiger partial charge in [0.1, 0.15) is 5.76 Å². The van der Waals surface area contributed by atoms with Crippen molar-refractivity contribution >= 4 is 28.6 Å². The van der Waals surface area contributed by atoms with Crippen LogP contribution in [0.25, 0.3) is 22.6 Å². The maximum Gasteiger partial charge on any atom is 0.343 e. The van der Waals surface area contributed by atoms with E-state index in [-0.39, 0.29) is 5.97 Å². The van der Waals surface area contributed by atoms with Crippen LogP contribution in [0.2, 0.25) is 0 Å². The number of cyclic esters (lactones) is 1. The number of benzene rings is 3. The number of hydrogen-bond donors (Lipinski definition) is 0. The maximum absolute atomic E-state index is 12.3. The van der Waals surface area contributed by atoms with E-state index in [1.54, 1.807) is 0 Å². The van der Waals surface area contributed by atoms with Crippen molar-refractivity contribution in [2.75, 3.05) is 0 Å². The molecule has 0 saturated heterocycles. The lowest BCUT2D eigenvalue weighted by Crippen LogP contribution is -1.98. The number of ether oxygens (including phenoxy) is 1. The molecule has 0 radical (unpaired) electrons. The number of esters is 1. The van der Waals surface area contributed by atoms with E-state index >= 15 is 0 Å². The van der Waals surface area contributed by atoms with E-state index in [0.717, 1.165) is 27.5 Å². The van der Waals surface area contributed by atoms with Gasteiger partial charge in [0.15, 0.2) is 0 Å². The van der Waals surface area contributed by atoms with Crippen molar-refractivity contribution in [2.45, 2.75) is 13.8 Å². The van der Waals surface area contributed by atoms with Crippen molar-refractivity contribution in [1.82, 2.24) is 0 Å². The molecule has 3 aromatic rings. The molecule has 0 unspecified atom stereocenters. The van der Waals surface area contributed by atoms with Gasteiger partial charge < -0.3 is 4.74 Å². The second kappa shape index (κ2) is 6.06. The molecular weight excluding hydrogens is 308 g/mol. The van der Waals surface area contributed by atoms with Gasteiger partial charge in [0.05, 0.1) is 5.57 Å². The number of aryl methyl sites for hydroxylation is 2. The number of hydrogen-bond acceptors (Lipinski definition) is 2. The molecule has 0 atom stereocenters. The minimum Gasteiger partial charge on any atom is -0.422 e. The van der Waals surface area contributed by atoms with Crippen molar-refractivity contribution < 1.29 is 9.53 Å². The monoisotopic (exact) mass is 326 g/mol. The number of rotatable bonds is 2. The summed E-state index contributed by atoms with van der Waals surface area (Å²) in [4.78, 5) is 12.3. The highest BCUT2D eigenvalue weighted by molar-refractivity contribution is 6.06. The zero-order valence-electron chi connectivity index (χ0n) is 14.2. The van der Waals surface area contributed by atoms with Crippen LogP contribution in [0.15, 0.2) is 72.3 Å². The molecular formula is C23H18O2. The predicted octanol–water partition coefficient (Wildman–Crippen LogP) is 5.44. The minimum absolute atomic E-state index is 0.303. The Hall–Kier alpha value is -3.13. The molecule has 0 amide bonds. The van der Waals surface area contributed by atoms with E-state index < -0.39 is 0 Å². The molecule has 25 heavy (non-hydrogen) atoms. The summed E-state index contributed by atoms with van der Waals surface area (Å²) in [5.74, 6) is 0.317. The highest BCUT2D eigenvalue weighted by atomic mass is 16.5. The van der Waals surface area contributed by atoms with Crippen LogP contribution < -0.4 is 0 Å². The summed E-state index contributed by atoms with van der Waals surface area (Å²) < 4.78 is 5.52. The third kappa shape index (κ3) is 2.87. The summed E-state index contributed by atoms with van der Waals surface area (Å²) in [6, 6.07) is 20.4. The summed E-state index contributed by atoms with van der Waals surface area (Å²) in [5, 5.41) is 2.28. The first kappa shape index (κ1) is 15.4. The number of carbonyl (C=O) groups excluding carboxylic acids is 1. The second-order valence-electron chi connectivity index (χ2n) is 6.38. The summed E-state index contributed by atoms with van der Waals surface area (Å²) in [7, 11) is 0. The average molecular weight is 326 g/mol. The maximum atomic E-state index is 12.3. The third-order valence-corrected chi connectivity index (χ3v) is 4.51. The minimum atomic E-state index is -0.303. The predicted molar refractivity (Wildman–Crippen MR) is 102 cm³/mol. The van der Waals surface area contributed by atoms with Gasteiger partial charge in [-0.3, -0.25) is 0 Å². The average Bonchev–Trinajstić information content (AvgIpc) is 2.95. The van der Waals surface area contributed by atoms with E-state index in [4.69, 9.17) is 4.74 Å². The van der Waals surface area contributed by atoms with Crippen LogP contribution in [0.5, 0.6) is 0 Å². The molecule has 3 aromatic carbocycles. The van der Waals surface area contributed by atoms with E-state index in [1.165, 1.54) is 5.56 Å². The van der Waals surface area contributed by atoms with E-state index in [0.29, 0.717) is 11.3 Å². The Balaban J connectivity index is 1.78. The summed E-state index contributed by atoms with van der Waals surface area (Å²) in [6.07, 6.45) is 3.74. The first-order chi connectivity index (χ1) is 12.1. The van der Waals surface area contributed by atoms with Crippen LogP contribution >= 0.6 is 0 Å². The molecule has 0 aliphatic carbocycles. The summed E-state index contributed by atoms with van der Waals surface area (Å²) in [6.45, 7) is 4.08. The quantitative estimate of drug-likeness (QED) is 0.463. The normalized spacial score (nSPS) is 15.5. The Morgan fingerprint density at radius 2 is 1.72 bits per heavy atom.